The second-order valence-electron chi connectivity index (χ2n) is 10.9. The monoisotopic (exact) mass is 551 g/mol. The van der Waals surface area contributed by atoms with Crippen LogP contribution in [0.15, 0.2) is 72.1 Å². The first kappa shape index (κ1) is 27.8. The molecule has 1 saturated heterocycles. The Hall–Kier alpha value is -4.75. The topological polar surface area (TPSA) is 143 Å². The Labute approximate surface area is 238 Å². The summed E-state index contributed by atoms with van der Waals surface area (Å²) < 4.78 is 7.77. The largest absolute Gasteiger partial charge is 0.457 e. The summed E-state index contributed by atoms with van der Waals surface area (Å²) >= 11 is 0. The molecule has 5 rings (SSSR count). The Morgan fingerprint density at radius 2 is 1.85 bits per heavy atom. The molecule has 3 N–H and O–H groups in total. The van der Waals surface area contributed by atoms with Crippen molar-refractivity contribution in [2.75, 3.05) is 25.4 Å². The van der Waals surface area contributed by atoms with E-state index < -0.39 is 5.41 Å². The molecule has 1 aliphatic rings. The summed E-state index contributed by atoms with van der Waals surface area (Å²) in [7, 11) is 0. The minimum absolute atomic E-state index is 0.0695. The number of nitrogen functional groups attached to an aromatic ring is 1. The van der Waals surface area contributed by atoms with Crippen molar-refractivity contribution in [2.45, 2.75) is 39.7 Å². The first-order valence-electron chi connectivity index (χ1n) is 13.6. The van der Waals surface area contributed by atoms with E-state index in [1.807, 2.05) is 73.1 Å². The van der Waals surface area contributed by atoms with Gasteiger partial charge in [0.05, 0.1) is 18.0 Å². The lowest BCUT2D eigenvalue weighted by Gasteiger charge is -2.34. The lowest BCUT2D eigenvalue weighted by molar-refractivity contribution is -0.128. The number of benzene rings is 2. The minimum Gasteiger partial charge on any atom is -0.457 e. The van der Waals surface area contributed by atoms with Gasteiger partial charge in [0, 0.05) is 24.1 Å². The highest BCUT2D eigenvalue weighted by atomic mass is 16.5. The van der Waals surface area contributed by atoms with E-state index >= 15 is 0 Å². The van der Waals surface area contributed by atoms with Crippen LogP contribution >= 0.6 is 0 Å². The number of carbonyl (C=O) groups is 1. The van der Waals surface area contributed by atoms with E-state index in [2.05, 4.69) is 16.0 Å². The van der Waals surface area contributed by atoms with Crippen LogP contribution in [-0.4, -0.2) is 55.4 Å². The van der Waals surface area contributed by atoms with Crippen LogP contribution in [0.25, 0.3) is 22.3 Å². The number of nitriles is 1. The molecule has 0 radical (unpaired) electrons. The molecule has 0 spiro atoms. The van der Waals surface area contributed by atoms with Crippen LogP contribution in [0.5, 0.6) is 11.5 Å². The number of ether oxygens (including phenoxy) is 1. The number of aliphatic hydroxyl groups excluding tert-OH is 1. The van der Waals surface area contributed by atoms with Crippen LogP contribution in [0.1, 0.15) is 39.7 Å². The zero-order chi connectivity index (χ0) is 29.1. The normalized spacial score (nSPS) is 16.3. The molecular weight excluding hydrogens is 518 g/mol. The Morgan fingerprint density at radius 3 is 2.54 bits per heavy atom. The summed E-state index contributed by atoms with van der Waals surface area (Å²) in [5.74, 6) is 1.42. The average Bonchev–Trinajstić information content (AvgIpc) is 3.39. The molecule has 10 nitrogen and oxygen atoms in total. The summed E-state index contributed by atoms with van der Waals surface area (Å²) in [5.41, 5.74) is 8.35. The average molecular weight is 552 g/mol. The number of hydrogen-bond donors (Lipinski definition) is 2. The van der Waals surface area contributed by atoms with Gasteiger partial charge in [-0.25, -0.2) is 14.6 Å². The number of anilines is 1. The Morgan fingerprint density at radius 1 is 1.15 bits per heavy atom. The molecule has 10 heteroatoms. The molecule has 1 atom stereocenters. The van der Waals surface area contributed by atoms with Crippen molar-refractivity contribution in [3.63, 3.8) is 0 Å². The Balaban J connectivity index is 1.46. The van der Waals surface area contributed by atoms with E-state index in [0.29, 0.717) is 47.0 Å². The van der Waals surface area contributed by atoms with Gasteiger partial charge in [-0.2, -0.15) is 10.4 Å². The van der Waals surface area contributed by atoms with Crippen LogP contribution in [0, 0.1) is 16.7 Å². The molecule has 2 aromatic heterocycles. The van der Waals surface area contributed by atoms with Crippen molar-refractivity contribution in [1.29, 1.82) is 5.26 Å². The van der Waals surface area contributed by atoms with Crippen molar-refractivity contribution in [2.24, 2.45) is 5.41 Å². The number of nitrogens with two attached hydrogens (primary N) is 1. The molecule has 210 valence electrons. The summed E-state index contributed by atoms with van der Waals surface area (Å²) in [6.07, 6.45) is 2.93. The van der Waals surface area contributed by atoms with Crippen molar-refractivity contribution < 1.29 is 14.6 Å². The maximum Gasteiger partial charge on any atom is 0.264 e. The first-order valence-corrected chi connectivity index (χ1v) is 13.6. The highest BCUT2D eigenvalue weighted by molar-refractivity contribution is 5.99. The number of aromatic nitrogens is 4. The number of hydrogen-bond acceptors (Lipinski definition) is 8. The zero-order valence-electron chi connectivity index (χ0n) is 23.4. The van der Waals surface area contributed by atoms with E-state index in [1.165, 1.54) is 6.33 Å². The number of piperidine rings is 1. The number of rotatable bonds is 7. The molecule has 41 heavy (non-hydrogen) atoms. The van der Waals surface area contributed by atoms with Gasteiger partial charge in [-0.3, -0.25) is 4.79 Å². The SMILES string of the molecule is C/C(=C(/C#N)C(=O)N1CCC[C@@H](n2nc(-c3ccc(Oc4ccccc4)cc3)c3c(N)ncnc32)C1)C(C)(C)CO. The van der Waals surface area contributed by atoms with E-state index in [1.54, 1.807) is 11.8 Å². The molecular formula is C31H33N7O3. The summed E-state index contributed by atoms with van der Waals surface area (Å²) in [5, 5.41) is 25.2. The molecule has 1 fully saturated rings. The van der Waals surface area contributed by atoms with Crippen molar-refractivity contribution >= 4 is 22.8 Å². The van der Waals surface area contributed by atoms with Crippen molar-refractivity contribution in [3.8, 4) is 28.8 Å². The Kier molecular flexibility index (Phi) is 7.72. The molecule has 3 heterocycles. The highest BCUT2D eigenvalue weighted by Crippen LogP contribution is 2.35. The highest BCUT2D eigenvalue weighted by Gasteiger charge is 2.32. The molecule has 1 amide bonds. The number of carbonyl (C=O) groups excluding carboxylic acids is 1. The van der Waals surface area contributed by atoms with E-state index in [-0.39, 0.29) is 24.1 Å². The van der Waals surface area contributed by atoms with Crippen LogP contribution in [0.3, 0.4) is 0 Å². The third-order valence-electron chi connectivity index (χ3n) is 7.77. The minimum atomic E-state index is -0.681. The number of amides is 1. The molecule has 0 bridgehead atoms. The van der Waals surface area contributed by atoms with Crippen LogP contribution in [0.4, 0.5) is 5.82 Å². The molecule has 0 unspecified atom stereocenters. The van der Waals surface area contributed by atoms with E-state index in [9.17, 15) is 15.2 Å². The summed E-state index contributed by atoms with van der Waals surface area (Å²) in [6.45, 7) is 6.08. The number of para-hydroxylation sites is 1. The standard InChI is InChI=1S/C31H33N7O3/c1-20(31(2,3)18-39)25(16-32)30(40)37-15-7-8-22(17-37)38-29-26(28(33)34-19-35-29)27(36-38)21-11-13-24(14-12-21)41-23-9-5-4-6-10-23/h4-6,9-14,19,22,39H,7-8,15,17-18H2,1-3H3,(H2,33,34,35)/b25-20+/t22-/m1/s1. The number of likely N-dealkylation sites (tertiary alicyclic amines) is 1. The van der Waals surface area contributed by atoms with Gasteiger partial charge in [-0.15, -0.1) is 0 Å². The third-order valence-corrected chi connectivity index (χ3v) is 7.77. The second kappa shape index (κ2) is 11.4. The molecule has 1 aliphatic heterocycles. The maximum absolute atomic E-state index is 13.5. The van der Waals surface area contributed by atoms with Crippen LogP contribution < -0.4 is 10.5 Å². The van der Waals surface area contributed by atoms with Crippen molar-refractivity contribution in [3.05, 3.63) is 72.1 Å². The van der Waals surface area contributed by atoms with Gasteiger partial charge in [0.25, 0.3) is 5.91 Å². The fourth-order valence-corrected chi connectivity index (χ4v) is 5.00. The van der Waals surface area contributed by atoms with E-state index in [4.69, 9.17) is 15.6 Å². The lowest BCUT2D eigenvalue weighted by atomic mass is 9.83. The molecule has 2 aromatic carbocycles. The first-order chi connectivity index (χ1) is 19.7. The quantitative estimate of drug-likeness (QED) is 0.244. The lowest BCUT2D eigenvalue weighted by Crippen LogP contribution is -2.42. The predicted octanol–water partition coefficient (Wildman–Crippen LogP) is 4.89. The Bertz CT molecular complexity index is 1640. The number of nitrogens with zero attached hydrogens (tertiary/aromatic N) is 6. The fraction of sp³-hybridized carbons (Fsp3) is 0.323. The van der Waals surface area contributed by atoms with Gasteiger partial charge in [0.15, 0.2) is 5.65 Å². The predicted molar refractivity (Wildman–Crippen MR) is 156 cm³/mol. The van der Waals surface area contributed by atoms with Crippen molar-refractivity contribution in [1.82, 2.24) is 24.6 Å². The van der Waals surface area contributed by atoms with E-state index in [0.717, 1.165) is 24.2 Å². The van der Waals surface area contributed by atoms with Gasteiger partial charge in [-0.05, 0) is 61.7 Å². The number of fused-ring (bicyclic) bond motifs is 1. The summed E-state index contributed by atoms with van der Waals surface area (Å²) in [4.78, 5) is 23.9. The van der Waals surface area contributed by atoms with Gasteiger partial charge in [-0.1, -0.05) is 32.0 Å². The second-order valence-corrected chi connectivity index (χ2v) is 10.9. The molecule has 0 saturated carbocycles. The third kappa shape index (κ3) is 5.49. The van der Waals surface area contributed by atoms with Gasteiger partial charge in [0.1, 0.15) is 41.0 Å². The number of aliphatic hydroxyl groups is 1. The van der Waals surface area contributed by atoms with Gasteiger partial charge < -0.3 is 20.5 Å². The fourth-order valence-electron chi connectivity index (χ4n) is 5.00. The smallest absolute Gasteiger partial charge is 0.264 e. The zero-order valence-corrected chi connectivity index (χ0v) is 23.4. The van der Waals surface area contributed by atoms with Crippen LogP contribution in [0.2, 0.25) is 0 Å². The summed E-state index contributed by atoms with van der Waals surface area (Å²) in [6, 6.07) is 19.0. The molecule has 0 aliphatic carbocycles. The van der Waals surface area contributed by atoms with Gasteiger partial charge >= 0.3 is 0 Å². The molecule has 4 aromatic rings. The van der Waals surface area contributed by atoms with Crippen LogP contribution in [-0.2, 0) is 4.79 Å². The maximum atomic E-state index is 13.5. The van der Waals surface area contributed by atoms with Gasteiger partial charge in [0.2, 0.25) is 0 Å².